The van der Waals surface area contributed by atoms with Crippen LogP contribution in [0.5, 0.6) is 0 Å². The van der Waals surface area contributed by atoms with Gasteiger partial charge < -0.3 is 37.4 Å². The minimum absolute atomic E-state index is 0.184. The third-order valence-corrected chi connectivity index (χ3v) is 8.41. The van der Waals surface area contributed by atoms with Crippen LogP contribution in [-0.4, -0.2) is 90.0 Å². The number of amides is 5. The van der Waals surface area contributed by atoms with Crippen molar-refractivity contribution in [2.75, 3.05) is 31.1 Å². The molecule has 4 atom stereocenters. The molecule has 0 radical (unpaired) electrons. The Hall–Kier alpha value is -2.81. The molecule has 3 unspecified atom stereocenters. The van der Waals surface area contributed by atoms with Crippen LogP contribution in [0.15, 0.2) is 30.3 Å². The van der Waals surface area contributed by atoms with Crippen LogP contribution in [0.4, 0.5) is 0 Å². The first-order chi connectivity index (χ1) is 19.2. The second-order valence-corrected chi connectivity index (χ2v) is 12.0. The minimum Gasteiger partial charge on any atom is -0.391 e. The average Bonchev–Trinajstić information content (AvgIpc) is 2.93. The molecule has 0 aromatic heterocycles. The molecule has 1 aliphatic rings. The van der Waals surface area contributed by atoms with Gasteiger partial charge in [0.05, 0.1) is 12.6 Å². The Kier molecular flexibility index (Phi) is 15.5. The van der Waals surface area contributed by atoms with Gasteiger partial charge in [-0.1, -0.05) is 51.9 Å². The first-order valence-corrected chi connectivity index (χ1v) is 15.8. The van der Waals surface area contributed by atoms with Gasteiger partial charge in [0.2, 0.25) is 29.5 Å². The molecule has 8 N–H and O–H groups in total. The third-order valence-electron chi connectivity index (χ3n) is 6.00. The highest BCUT2D eigenvalue weighted by molar-refractivity contribution is 8.76. The number of hydrogen-bond acceptors (Lipinski definition) is 9. The maximum Gasteiger partial charge on any atom is 0.245 e. The molecule has 0 bridgehead atoms. The van der Waals surface area contributed by atoms with E-state index in [2.05, 4.69) is 26.6 Å². The number of aliphatic hydroxyl groups excluding tert-OH is 1. The Labute approximate surface area is 242 Å². The van der Waals surface area contributed by atoms with E-state index >= 15 is 0 Å². The van der Waals surface area contributed by atoms with Crippen LogP contribution in [0.2, 0.25) is 0 Å². The van der Waals surface area contributed by atoms with Crippen LogP contribution in [0, 0.1) is 0 Å². The maximum atomic E-state index is 13.1. The second-order valence-electron chi connectivity index (χ2n) is 9.34. The van der Waals surface area contributed by atoms with Crippen molar-refractivity contribution >= 4 is 51.1 Å². The monoisotopic (exact) mass is 596 g/mol. The van der Waals surface area contributed by atoms with E-state index in [0.29, 0.717) is 30.9 Å². The van der Waals surface area contributed by atoms with E-state index in [0.717, 1.165) is 5.56 Å². The summed E-state index contributed by atoms with van der Waals surface area (Å²) in [5.41, 5.74) is 6.41. The smallest absolute Gasteiger partial charge is 0.245 e. The van der Waals surface area contributed by atoms with Crippen molar-refractivity contribution in [3.63, 3.8) is 0 Å². The maximum absolute atomic E-state index is 13.1. The summed E-state index contributed by atoms with van der Waals surface area (Å²) in [5, 5.41) is 23.3. The summed E-state index contributed by atoms with van der Waals surface area (Å²) < 4.78 is 0. The predicted molar refractivity (Wildman–Crippen MR) is 156 cm³/mol. The van der Waals surface area contributed by atoms with Crippen LogP contribution in [0.1, 0.15) is 38.2 Å². The van der Waals surface area contributed by atoms with Gasteiger partial charge >= 0.3 is 0 Å². The number of benzene rings is 1. The van der Waals surface area contributed by atoms with Crippen LogP contribution in [-0.2, 0) is 30.4 Å². The Morgan fingerprint density at radius 1 is 0.875 bits per heavy atom. The zero-order valence-corrected chi connectivity index (χ0v) is 24.3. The summed E-state index contributed by atoms with van der Waals surface area (Å²) in [5.74, 6) is -1.60. The van der Waals surface area contributed by atoms with Crippen molar-refractivity contribution in [3.05, 3.63) is 35.9 Å². The number of rotatable bonds is 7. The Morgan fingerprint density at radius 3 is 2.27 bits per heavy atom. The highest BCUT2D eigenvalue weighted by atomic mass is 33.1. The van der Waals surface area contributed by atoms with Crippen molar-refractivity contribution in [1.82, 2.24) is 26.6 Å². The molecule has 1 heterocycles. The molecule has 1 fully saturated rings. The van der Waals surface area contributed by atoms with Gasteiger partial charge in [0.15, 0.2) is 0 Å². The van der Waals surface area contributed by atoms with Gasteiger partial charge in [-0.2, -0.15) is 0 Å². The molecule has 1 aromatic carbocycles. The van der Waals surface area contributed by atoms with E-state index in [1.54, 1.807) is 0 Å². The normalized spacial score (nSPS) is 23.6. The summed E-state index contributed by atoms with van der Waals surface area (Å²) in [6, 6.07) is 6.10. The number of nitrogens with one attached hydrogen (secondary N) is 5. The topological polar surface area (TPSA) is 192 Å². The number of hydrogen-bond donors (Lipinski definition) is 7. The SMILES string of the molecule is CC(O)C1NC(=O)C(CCCCN)NC(=O)CNC(=O)[C@H](Cc2ccccc2)NC(=O)CCSSCCNC1=O. The van der Waals surface area contributed by atoms with Crippen molar-refractivity contribution in [3.8, 4) is 0 Å². The number of unbranched alkanes of at least 4 members (excludes halogenated alkanes) is 1. The van der Waals surface area contributed by atoms with Crippen LogP contribution < -0.4 is 32.3 Å². The lowest BCUT2D eigenvalue weighted by molar-refractivity contribution is -0.134. The largest absolute Gasteiger partial charge is 0.391 e. The molecule has 1 saturated heterocycles. The lowest BCUT2D eigenvalue weighted by Gasteiger charge is -2.25. The number of aliphatic hydroxyl groups is 1. The summed E-state index contributed by atoms with van der Waals surface area (Å²) >= 11 is 0. The zero-order valence-electron chi connectivity index (χ0n) is 22.6. The molecule has 0 spiro atoms. The second kappa shape index (κ2) is 18.5. The predicted octanol–water partition coefficient (Wildman–Crippen LogP) is -0.789. The van der Waals surface area contributed by atoms with E-state index in [4.69, 9.17) is 5.73 Å². The molecule has 1 aromatic rings. The lowest BCUT2D eigenvalue weighted by Crippen LogP contribution is -2.58. The van der Waals surface area contributed by atoms with Gasteiger partial charge in [-0.05, 0) is 38.3 Å². The molecular formula is C26H40N6O6S2. The molecule has 40 heavy (non-hydrogen) atoms. The van der Waals surface area contributed by atoms with Gasteiger partial charge in [-0.15, -0.1) is 0 Å². The van der Waals surface area contributed by atoms with E-state index in [1.807, 2.05) is 30.3 Å². The van der Waals surface area contributed by atoms with E-state index in [9.17, 15) is 29.1 Å². The molecular weight excluding hydrogens is 556 g/mol. The minimum atomic E-state index is -1.22. The Morgan fingerprint density at radius 2 is 1.57 bits per heavy atom. The standard InChI is InChI=1S/C26H40N6O6S2/c1-17(33)23-26(38)28-12-14-40-39-13-10-21(34)31-20(15-18-7-3-2-4-8-18)24(36)29-16-22(35)30-19(25(37)32-23)9-5-6-11-27/h2-4,7-8,17,19-20,23,33H,5-6,9-16,27H2,1H3,(H,28,38)(H,29,36)(H,30,35)(H,31,34)(H,32,37)/t17?,19?,20-,23?/m0/s1. The molecule has 1 aliphatic heterocycles. The molecule has 222 valence electrons. The molecule has 12 nitrogen and oxygen atoms in total. The van der Waals surface area contributed by atoms with Crippen LogP contribution in [0.3, 0.4) is 0 Å². The molecule has 0 saturated carbocycles. The van der Waals surface area contributed by atoms with Crippen LogP contribution >= 0.6 is 21.6 Å². The highest BCUT2D eigenvalue weighted by Gasteiger charge is 2.30. The zero-order chi connectivity index (χ0) is 29.3. The van der Waals surface area contributed by atoms with Crippen molar-refractivity contribution < 1.29 is 29.1 Å². The molecule has 14 heteroatoms. The summed E-state index contributed by atoms with van der Waals surface area (Å²) in [6.07, 6.45) is 0.650. The van der Waals surface area contributed by atoms with Crippen molar-refractivity contribution in [2.45, 2.75) is 63.3 Å². The van der Waals surface area contributed by atoms with Crippen molar-refractivity contribution in [2.24, 2.45) is 5.73 Å². The van der Waals surface area contributed by atoms with Crippen LogP contribution in [0.25, 0.3) is 0 Å². The van der Waals surface area contributed by atoms with Gasteiger partial charge in [0.1, 0.15) is 18.1 Å². The van der Waals surface area contributed by atoms with Crippen molar-refractivity contribution in [1.29, 1.82) is 0 Å². The molecule has 5 amide bonds. The summed E-state index contributed by atoms with van der Waals surface area (Å²) in [4.78, 5) is 64.1. The van der Waals surface area contributed by atoms with E-state index in [1.165, 1.54) is 28.5 Å². The fourth-order valence-corrected chi connectivity index (χ4v) is 5.76. The number of nitrogens with two attached hydrogens (primary N) is 1. The first kappa shape index (κ1) is 33.4. The third kappa shape index (κ3) is 12.6. The fraction of sp³-hybridized carbons (Fsp3) is 0.577. The summed E-state index contributed by atoms with van der Waals surface area (Å²) in [6.45, 7) is 1.66. The van der Waals surface area contributed by atoms with E-state index in [-0.39, 0.29) is 31.7 Å². The van der Waals surface area contributed by atoms with Gasteiger partial charge in [0.25, 0.3) is 0 Å². The quantitative estimate of drug-likeness (QED) is 0.156. The fourth-order valence-electron chi connectivity index (χ4n) is 3.86. The molecule has 0 aliphatic carbocycles. The van der Waals surface area contributed by atoms with Gasteiger partial charge in [0, 0.05) is 30.9 Å². The Balaban J connectivity index is 2.19. The molecule has 2 rings (SSSR count). The van der Waals surface area contributed by atoms with Gasteiger partial charge in [-0.25, -0.2) is 0 Å². The first-order valence-electron chi connectivity index (χ1n) is 13.3. The van der Waals surface area contributed by atoms with Gasteiger partial charge in [-0.3, -0.25) is 24.0 Å². The highest BCUT2D eigenvalue weighted by Crippen LogP contribution is 2.21. The average molecular weight is 597 g/mol. The van der Waals surface area contributed by atoms with E-state index < -0.39 is 54.4 Å². The number of carbonyl (C=O) groups is 5. The number of carbonyl (C=O) groups excluding carboxylic acids is 5. The summed E-state index contributed by atoms with van der Waals surface area (Å²) in [7, 11) is 2.92. The lowest BCUT2D eigenvalue weighted by atomic mass is 10.0. The Bertz CT molecular complexity index is 984.